The van der Waals surface area contributed by atoms with E-state index in [1.54, 1.807) is 0 Å². The molecule has 0 fully saturated rings. The maximum Gasteiger partial charge on any atom is 0.472 e. The van der Waals surface area contributed by atoms with Crippen molar-refractivity contribution in [1.82, 2.24) is 0 Å². The molecule has 3 N–H and O–H groups in total. The number of esters is 4. The summed E-state index contributed by atoms with van der Waals surface area (Å²) in [5.41, 5.74) is 0. The zero-order valence-corrected chi connectivity index (χ0v) is 69.4. The van der Waals surface area contributed by atoms with Crippen molar-refractivity contribution < 1.29 is 80.2 Å². The van der Waals surface area contributed by atoms with Gasteiger partial charge in [-0.25, -0.2) is 9.13 Å². The first-order valence-electron chi connectivity index (χ1n) is 43.5. The smallest absolute Gasteiger partial charge is 0.462 e. The predicted molar refractivity (Wildman–Crippen MR) is 428 cm³/mol. The monoisotopic (exact) mass is 1520 g/mol. The molecule has 17 nitrogen and oxygen atoms in total. The average molecular weight is 1520 g/mol. The van der Waals surface area contributed by atoms with Gasteiger partial charge in [0.05, 0.1) is 26.4 Å². The van der Waals surface area contributed by atoms with E-state index >= 15 is 0 Å². The van der Waals surface area contributed by atoms with Crippen LogP contribution in [0, 0.1) is 5.92 Å². The summed E-state index contributed by atoms with van der Waals surface area (Å²) >= 11 is 0. The molecular weight excluding hydrogens is 1350 g/mol. The van der Waals surface area contributed by atoms with Gasteiger partial charge in [-0.15, -0.1) is 0 Å². The Hall–Kier alpha value is -2.46. The molecule has 0 aromatic rings. The lowest BCUT2D eigenvalue weighted by molar-refractivity contribution is -0.161. The summed E-state index contributed by atoms with van der Waals surface area (Å²) in [7, 11) is -9.94. The first-order chi connectivity index (χ1) is 50.5. The number of aliphatic hydroxyl groups is 1. The molecule has 0 rings (SSSR count). The van der Waals surface area contributed by atoms with Gasteiger partial charge in [-0.05, 0) is 57.3 Å². The van der Waals surface area contributed by atoms with Gasteiger partial charge in [0.25, 0.3) is 0 Å². The van der Waals surface area contributed by atoms with Gasteiger partial charge in [0.1, 0.15) is 19.3 Å². The summed E-state index contributed by atoms with van der Waals surface area (Å²) in [5, 5.41) is 10.7. The number of ether oxygens (including phenoxy) is 4. The van der Waals surface area contributed by atoms with Crippen LogP contribution in [0.4, 0.5) is 0 Å². The van der Waals surface area contributed by atoms with Crippen LogP contribution >= 0.6 is 15.6 Å². The lowest BCUT2D eigenvalue weighted by Gasteiger charge is -2.21. The maximum absolute atomic E-state index is 13.1. The zero-order valence-electron chi connectivity index (χ0n) is 67.7. The number of aliphatic hydroxyl groups excluding tert-OH is 1. The van der Waals surface area contributed by atoms with Crippen molar-refractivity contribution in [3.63, 3.8) is 0 Å². The van der Waals surface area contributed by atoms with Gasteiger partial charge >= 0.3 is 39.5 Å². The van der Waals surface area contributed by atoms with E-state index in [1.807, 2.05) is 0 Å². The Balaban J connectivity index is 5.29. The summed E-state index contributed by atoms with van der Waals surface area (Å²) < 4.78 is 68.8. The van der Waals surface area contributed by atoms with Crippen molar-refractivity contribution in [2.75, 3.05) is 39.6 Å². The third-order valence-corrected chi connectivity index (χ3v) is 21.3. The molecule has 0 aliphatic rings. The van der Waals surface area contributed by atoms with E-state index in [-0.39, 0.29) is 25.7 Å². The number of phosphoric acid groups is 2. The van der Waals surface area contributed by atoms with Gasteiger partial charge in [-0.1, -0.05) is 380 Å². The number of hydrogen-bond acceptors (Lipinski definition) is 15. The van der Waals surface area contributed by atoms with Crippen LogP contribution in [0.5, 0.6) is 0 Å². The predicted octanol–water partition coefficient (Wildman–Crippen LogP) is 25.5. The van der Waals surface area contributed by atoms with Crippen molar-refractivity contribution in [1.29, 1.82) is 0 Å². The highest BCUT2D eigenvalue weighted by atomic mass is 31.2. The normalized spacial score (nSPS) is 13.9. The van der Waals surface area contributed by atoms with Gasteiger partial charge in [0.2, 0.25) is 0 Å². The number of hydrogen-bond donors (Lipinski definition) is 3. The SMILES string of the molecule is CCCCCC/C=C\C=C/CCCCCCCC(=O)O[C@H](COC(=O)CCCCCCCCCCCCCCC)COP(=O)(O)OC[C@H](O)COP(=O)(O)OC[C@@H](COC(=O)CCCCCCCCCCCCCCCC(C)C)OC(=O)CCCCCCCCCCCCCCCCCCCCCC. The molecule has 19 heteroatoms. The summed E-state index contributed by atoms with van der Waals surface area (Å²) in [5.74, 6) is -1.34. The molecule has 0 saturated heterocycles. The quantitative estimate of drug-likeness (QED) is 0.0169. The molecule has 0 saturated carbocycles. The molecule has 0 aliphatic heterocycles. The van der Waals surface area contributed by atoms with Crippen molar-refractivity contribution >= 4 is 39.5 Å². The fraction of sp³-hybridized carbons (Fsp3) is 0.906. The molecule has 614 valence electrons. The molecule has 5 atom stereocenters. The van der Waals surface area contributed by atoms with E-state index in [4.69, 9.17) is 37.0 Å². The number of carbonyl (C=O) groups is 4. The largest absolute Gasteiger partial charge is 0.472 e. The molecule has 2 unspecified atom stereocenters. The number of rotatable bonds is 83. The van der Waals surface area contributed by atoms with Crippen LogP contribution in [0.2, 0.25) is 0 Å². The second-order valence-electron chi connectivity index (χ2n) is 30.4. The fourth-order valence-corrected chi connectivity index (χ4v) is 14.3. The molecule has 0 aliphatic carbocycles. The second kappa shape index (κ2) is 77.3. The Morgan fingerprint density at radius 1 is 0.298 bits per heavy atom. The second-order valence-corrected chi connectivity index (χ2v) is 33.3. The number of carbonyl (C=O) groups excluding carboxylic acids is 4. The third kappa shape index (κ3) is 77.7. The Morgan fingerprint density at radius 2 is 0.519 bits per heavy atom. The van der Waals surface area contributed by atoms with E-state index in [9.17, 15) is 43.2 Å². The molecule has 0 heterocycles. The van der Waals surface area contributed by atoms with Crippen LogP contribution < -0.4 is 0 Å². The van der Waals surface area contributed by atoms with Crippen molar-refractivity contribution in [3.8, 4) is 0 Å². The van der Waals surface area contributed by atoms with Crippen LogP contribution in [0.3, 0.4) is 0 Å². The Labute approximate surface area is 637 Å². The standard InChI is InChI=1S/C85H162O17P2/c1-6-9-12-15-18-21-24-27-29-30-31-32-33-35-40-46-51-56-61-66-71-85(90)102-81(75-96-83(88)69-64-59-54-49-44-41-36-38-42-47-52-57-62-67-78(4)5)77-100-104(93,94)98-73-79(86)72-97-103(91,92)99-76-80(74-95-82(87)68-63-58-53-48-43-37-26-23-20-17-14-11-8-3)101-84(89)70-65-60-55-50-45-39-34-28-25-22-19-16-13-10-7-2/h22,25,28,34,78-81,86H,6-21,23-24,26-27,29-33,35-77H2,1-5H3,(H,91,92)(H,93,94)/b25-22-,34-28-/t79-,80+,81+/m0/s1. The van der Waals surface area contributed by atoms with E-state index in [1.165, 1.54) is 244 Å². The third-order valence-electron chi connectivity index (χ3n) is 19.4. The lowest BCUT2D eigenvalue weighted by Crippen LogP contribution is -2.30. The van der Waals surface area contributed by atoms with Crippen molar-refractivity contribution in [3.05, 3.63) is 24.3 Å². The van der Waals surface area contributed by atoms with Crippen molar-refractivity contribution in [2.24, 2.45) is 5.92 Å². The highest BCUT2D eigenvalue weighted by molar-refractivity contribution is 7.47. The zero-order chi connectivity index (χ0) is 76.2. The molecule has 0 bridgehead atoms. The molecule has 0 aromatic heterocycles. The fourth-order valence-electron chi connectivity index (χ4n) is 12.8. The number of unbranched alkanes of at least 4 members (excludes halogenated alkanes) is 52. The van der Waals surface area contributed by atoms with E-state index in [0.29, 0.717) is 25.7 Å². The van der Waals surface area contributed by atoms with Crippen LogP contribution in [0.1, 0.15) is 433 Å². The average Bonchev–Trinajstić information content (AvgIpc) is 0.903. The number of phosphoric ester groups is 2. The Kier molecular flexibility index (Phi) is 75.4. The summed E-state index contributed by atoms with van der Waals surface area (Å²) in [6.45, 7) is 7.31. The molecule has 0 aromatic carbocycles. The van der Waals surface area contributed by atoms with Gasteiger partial charge in [0, 0.05) is 25.7 Å². The Bertz CT molecular complexity index is 2070. The van der Waals surface area contributed by atoms with Crippen molar-refractivity contribution in [2.45, 2.75) is 451 Å². The van der Waals surface area contributed by atoms with Gasteiger partial charge in [0.15, 0.2) is 12.2 Å². The van der Waals surface area contributed by atoms with E-state index < -0.39 is 97.5 Å². The summed E-state index contributed by atoms with van der Waals surface area (Å²) in [6, 6.07) is 0. The first kappa shape index (κ1) is 102. The summed E-state index contributed by atoms with van der Waals surface area (Å²) in [6.07, 6.45) is 72.9. The first-order valence-corrected chi connectivity index (χ1v) is 46.4. The highest BCUT2D eigenvalue weighted by Crippen LogP contribution is 2.45. The minimum Gasteiger partial charge on any atom is -0.462 e. The minimum absolute atomic E-state index is 0.0859. The van der Waals surface area contributed by atoms with Crippen LogP contribution in [-0.2, 0) is 65.4 Å². The van der Waals surface area contributed by atoms with Gasteiger partial charge in [-0.2, -0.15) is 0 Å². The molecule has 0 spiro atoms. The highest BCUT2D eigenvalue weighted by Gasteiger charge is 2.30. The summed E-state index contributed by atoms with van der Waals surface area (Å²) in [4.78, 5) is 73.2. The Morgan fingerprint density at radius 3 is 0.788 bits per heavy atom. The molecular formula is C85H162O17P2. The number of allylic oxidation sites excluding steroid dienone is 4. The van der Waals surface area contributed by atoms with E-state index in [0.717, 1.165) is 109 Å². The molecule has 0 amide bonds. The van der Waals surface area contributed by atoms with Crippen LogP contribution in [0.15, 0.2) is 24.3 Å². The van der Waals surface area contributed by atoms with Gasteiger partial charge in [-0.3, -0.25) is 37.3 Å². The molecule has 104 heavy (non-hydrogen) atoms. The van der Waals surface area contributed by atoms with E-state index in [2.05, 4.69) is 58.9 Å². The molecule has 0 radical (unpaired) electrons. The lowest BCUT2D eigenvalue weighted by atomic mass is 10.0. The topological polar surface area (TPSA) is 237 Å². The minimum atomic E-state index is -4.97. The van der Waals surface area contributed by atoms with Gasteiger partial charge < -0.3 is 33.8 Å². The van der Waals surface area contributed by atoms with Crippen LogP contribution in [-0.4, -0.2) is 96.7 Å². The van der Waals surface area contributed by atoms with Crippen LogP contribution in [0.25, 0.3) is 0 Å². The maximum atomic E-state index is 13.1.